The van der Waals surface area contributed by atoms with E-state index in [-0.39, 0.29) is 11.9 Å². The molecule has 76 valence electrons. The van der Waals surface area contributed by atoms with Gasteiger partial charge in [0.05, 0.1) is 6.61 Å². The molecule has 0 spiro atoms. The van der Waals surface area contributed by atoms with E-state index >= 15 is 0 Å². The first-order valence-corrected chi connectivity index (χ1v) is 4.83. The van der Waals surface area contributed by atoms with Gasteiger partial charge in [0.15, 0.2) is 0 Å². The molecule has 0 saturated heterocycles. The van der Waals surface area contributed by atoms with E-state index in [4.69, 9.17) is 10.5 Å². The first-order chi connectivity index (χ1) is 6.66. The Hall–Kier alpha value is -1.09. The summed E-state index contributed by atoms with van der Waals surface area (Å²) in [6.07, 6.45) is 0.810. The van der Waals surface area contributed by atoms with Crippen LogP contribution in [0.15, 0.2) is 18.2 Å². The van der Waals surface area contributed by atoms with Gasteiger partial charge in [0.2, 0.25) is 0 Å². The standard InChI is InChI=1S/C11H14FNO/c1-7(13)9-4-8-5-10(12)2-3-11(8)14-6-9/h2-3,5,7,9H,4,6,13H2,1H3. The molecule has 2 N–H and O–H groups in total. The quantitative estimate of drug-likeness (QED) is 0.740. The van der Waals surface area contributed by atoms with Gasteiger partial charge in [0.1, 0.15) is 11.6 Å². The third-order valence-electron chi connectivity index (χ3n) is 2.70. The Balaban J connectivity index is 2.24. The lowest BCUT2D eigenvalue weighted by Gasteiger charge is -2.27. The Morgan fingerprint density at radius 3 is 3.07 bits per heavy atom. The molecule has 2 nitrogen and oxygen atoms in total. The topological polar surface area (TPSA) is 35.2 Å². The maximum atomic E-state index is 12.9. The van der Waals surface area contributed by atoms with Gasteiger partial charge in [0, 0.05) is 12.0 Å². The van der Waals surface area contributed by atoms with Crippen LogP contribution in [0.4, 0.5) is 4.39 Å². The van der Waals surface area contributed by atoms with Gasteiger partial charge in [-0.3, -0.25) is 0 Å². The number of benzene rings is 1. The average Bonchev–Trinajstić information content (AvgIpc) is 2.16. The zero-order valence-electron chi connectivity index (χ0n) is 8.16. The van der Waals surface area contributed by atoms with Crippen molar-refractivity contribution in [3.63, 3.8) is 0 Å². The van der Waals surface area contributed by atoms with E-state index in [1.54, 1.807) is 6.07 Å². The van der Waals surface area contributed by atoms with Gasteiger partial charge in [0.25, 0.3) is 0 Å². The molecule has 1 aliphatic heterocycles. The van der Waals surface area contributed by atoms with E-state index in [2.05, 4.69) is 0 Å². The van der Waals surface area contributed by atoms with Crippen molar-refractivity contribution in [2.45, 2.75) is 19.4 Å². The fraction of sp³-hybridized carbons (Fsp3) is 0.455. The molecule has 14 heavy (non-hydrogen) atoms. The monoisotopic (exact) mass is 195 g/mol. The van der Waals surface area contributed by atoms with Gasteiger partial charge in [-0.25, -0.2) is 4.39 Å². The molecular formula is C11H14FNO. The van der Waals surface area contributed by atoms with E-state index in [0.29, 0.717) is 12.5 Å². The summed E-state index contributed by atoms with van der Waals surface area (Å²) in [5.41, 5.74) is 6.72. The van der Waals surface area contributed by atoms with E-state index in [9.17, 15) is 4.39 Å². The second-order valence-electron chi connectivity index (χ2n) is 3.89. The van der Waals surface area contributed by atoms with E-state index in [0.717, 1.165) is 17.7 Å². The fourth-order valence-electron chi connectivity index (χ4n) is 1.72. The Kier molecular flexibility index (Phi) is 2.42. The summed E-state index contributed by atoms with van der Waals surface area (Å²) in [6.45, 7) is 2.59. The zero-order valence-corrected chi connectivity index (χ0v) is 8.16. The summed E-state index contributed by atoms with van der Waals surface area (Å²) in [5.74, 6) is 0.880. The van der Waals surface area contributed by atoms with Gasteiger partial charge >= 0.3 is 0 Å². The van der Waals surface area contributed by atoms with Crippen molar-refractivity contribution in [3.8, 4) is 5.75 Å². The number of rotatable bonds is 1. The maximum Gasteiger partial charge on any atom is 0.123 e. The Bertz CT molecular complexity index is 338. The lowest BCUT2D eigenvalue weighted by molar-refractivity contribution is 0.204. The predicted molar refractivity (Wildman–Crippen MR) is 52.7 cm³/mol. The molecule has 2 unspecified atom stereocenters. The minimum absolute atomic E-state index is 0.0893. The molecule has 0 aliphatic carbocycles. The molecule has 1 aromatic rings. The molecule has 1 heterocycles. The number of halogens is 1. The molecule has 0 amide bonds. The number of hydrogen-bond acceptors (Lipinski definition) is 2. The molecular weight excluding hydrogens is 181 g/mol. The SMILES string of the molecule is CC(N)C1COc2ccc(F)cc2C1. The van der Waals surface area contributed by atoms with Crippen LogP contribution in [0.2, 0.25) is 0 Å². The molecule has 0 bridgehead atoms. The van der Waals surface area contributed by atoms with Crippen LogP contribution in [0.3, 0.4) is 0 Å². The third kappa shape index (κ3) is 1.73. The normalized spacial score (nSPS) is 22.4. The van der Waals surface area contributed by atoms with Crippen LogP contribution < -0.4 is 10.5 Å². The molecule has 1 aromatic carbocycles. The van der Waals surface area contributed by atoms with Crippen molar-refractivity contribution in [2.75, 3.05) is 6.61 Å². The second kappa shape index (κ2) is 3.58. The summed E-state index contributed by atoms with van der Waals surface area (Å²) in [7, 11) is 0. The van der Waals surface area contributed by atoms with Crippen LogP contribution >= 0.6 is 0 Å². The van der Waals surface area contributed by atoms with Crippen LogP contribution in [0.25, 0.3) is 0 Å². The van der Waals surface area contributed by atoms with Crippen molar-refractivity contribution in [2.24, 2.45) is 11.7 Å². The second-order valence-corrected chi connectivity index (χ2v) is 3.89. The van der Waals surface area contributed by atoms with Gasteiger partial charge < -0.3 is 10.5 Å². The number of nitrogens with two attached hydrogens (primary N) is 1. The van der Waals surface area contributed by atoms with Gasteiger partial charge in [-0.1, -0.05) is 0 Å². The van der Waals surface area contributed by atoms with Crippen LogP contribution in [0, 0.1) is 11.7 Å². The van der Waals surface area contributed by atoms with Crippen LogP contribution in [-0.4, -0.2) is 12.6 Å². The smallest absolute Gasteiger partial charge is 0.123 e. The lowest BCUT2D eigenvalue weighted by Crippen LogP contribution is -2.35. The molecule has 0 fully saturated rings. The molecule has 1 aliphatic rings. The number of ether oxygens (including phenoxy) is 1. The van der Waals surface area contributed by atoms with Crippen molar-refractivity contribution in [1.82, 2.24) is 0 Å². The molecule has 2 rings (SSSR count). The van der Waals surface area contributed by atoms with Crippen LogP contribution in [0.1, 0.15) is 12.5 Å². The Morgan fingerprint density at radius 2 is 2.36 bits per heavy atom. The molecule has 0 aromatic heterocycles. The minimum Gasteiger partial charge on any atom is -0.493 e. The maximum absolute atomic E-state index is 12.9. The minimum atomic E-state index is -0.210. The van der Waals surface area contributed by atoms with Crippen molar-refractivity contribution in [1.29, 1.82) is 0 Å². The van der Waals surface area contributed by atoms with Crippen LogP contribution in [0.5, 0.6) is 5.75 Å². The summed E-state index contributed by atoms with van der Waals surface area (Å²) in [4.78, 5) is 0. The largest absolute Gasteiger partial charge is 0.493 e. The van der Waals surface area contributed by atoms with Crippen molar-refractivity contribution >= 4 is 0 Å². The van der Waals surface area contributed by atoms with E-state index in [1.807, 2.05) is 6.92 Å². The zero-order chi connectivity index (χ0) is 10.1. The highest BCUT2D eigenvalue weighted by atomic mass is 19.1. The number of hydrogen-bond donors (Lipinski definition) is 1. The highest BCUT2D eigenvalue weighted by Crippen LogP contribution is 2.28. The Labute approximate surface area is 82.9 Å². The van der Waals surface area contributed by atoms with Crippen molar-refractivity contribution in [3.05, 3.63) is 29.6 Å². The predicted octanol–water partition coefficient (Wildman–Crippen LogP) is 1.72. The van der Waals surface area contributed by atoms with Crippen LogP contribution in [-0.2, 0) is 6.42 Å². The first-order valence-electron chi connectivity index (χ1n) is 4.83. The van der Waals surface area contributed by atoms with Gasteiger partial charge in [-0.05, 0) is 37.1 Å². The number of fused-ring (bicyclic) bond motifs is 1. The molecule has 3 heteroatoms. The molecule has 0 saturated carbocycles. The summed E-state index contributed by atoms with van der Waals surface area (Å²) in [6, 6.07) is 4.73. The van der Waals surface area contributed by atoms with E-state index in [1.165, 1.54) is 12.1 Å². The van der Waals surface area contributed by atoms with Gasteiger partial charge in [-0.2, -0.15) is 0 Å². The lowest BCUT2D eigenvalue weighted by atomic mass is 9.92. The summed E-state index contributed by atoms with van der Waals surface area (Å²) in [5, 5.41) is 0. The average molecular weight is 195 g/mol. The van der Waals surface area contributed by atoms with Crippen molar-refractivity contribution < 1.29 is 9.13 Å². The summed E-state index contributed by atoms with van der Waals surface area (Å²) < 4.78 is 18.4. The van der Waals surface area contributed by atoms with E-state index < -0.39 is 0 Å². The first kappa shape index (κ1) is 9.46. The molecule has 2 atom stereocenters. The fourth-order valence-corrected chi connectivity index (χ4v) is 1.72. The van der Waals surface area contributed by atoms with Gasteiger partial charge in [-0.15, -0.1) is 0 Å². The molecule has 0 radical (unpaired) electrons. The highest BCUT2D eigenvalue weighted by molar-refractivity contribution is 5.35. The summed E-state index contributed by atoms with van der Waals surface area (Å²) >= 11 is 0. The Morgan fingerprint density at radius 1 is 1.57 bits per heavy atom. The third-order valence-corrected chi connectivity index (χ3v) is 2.70. The highest BCUT2D eigenvalue weighted by Gasteiger charge is 2.22.